The highest BCUT2D eigenvalue weighted by molar-refractivity contribution is 6.30. The Kier molecular flexibility index (Phi) is 3.72. The first kappa shape index (κ1) is 11.7. The van der Waals surface area contributed by atoms with E-state index in [0.29, 0.717) is 0 Å². The van der Waals surface area contributed by atoms with E-state index >= 15 is 0 Å². The van der Waals surface area contributed by atoms with E-state index in [2.05, 4.69) is 5.32 Å². The fourth-order valence-electron chi connectivity index (χ4n) is 2.23. The number of aryl methyl sites for hydroxylation is 1. The van der Waals surface area contributed by atoms with Crippen molar-refractivity contribution in [1.82, 2.24) is 0 Å². The molecule has 0 heterocycles. The van der Waals surface area contributed by atoms with Gasteiger partial charge in [0, 0.05) is 10.7 Å². The molecule has 2 rings (SSSR count). The molecule has 1 aliphatic carbocycles. The van der Waals surface area contributed by atoms with Crippen LogP contribution >= 0.6 is 11.6 Å². The monoisotopic (exact) mass is 239 g/mol. The molecule has 1 aromatic carbocycles. The van der Waals surface area contributed by atoms with Crippen LogP contribution in [0.4, 0.5) is 5.69 Å². The number of aliphatic hydroxyl groups is 1. The van der Waals surface area contributed by atoms with Crippen molar-refractivity contribution >= 4 is 17.3 Å². The maximum Gasteiger partial charge on any atom is 0.0741 e. The molecule has 0 aliphatic heterocycles. The van der Waals surface area contributed by atoms with Crippen molar-refractivity contribution < 1.29 is 5.11 Å². The Bertz CT molecular complexity index is 367. The Labute approximate surface area is 102 Å². The summed E-state index contributed by atoms with van der Waals surface area (Å²) < 4.78 is 0. The fourth-order valence-corrected chi connectivity index (χ4v) is 2.40. The van der Waals surface area contributed by atoms with E-state index in [4.69, 9.17) is 11.6 Å². The lowest BCUT2D eigenvalue weighted by atomic mass is 9.92. The molecule has 2 nitrogen and oxygen atoms in total. The normalized spacial score (nSPS) is 25.4. The summed E-state index contributed by atoms with van der Waals surface area (Å²) in [7, 11) is 0. The second-order valence-corrected chi connectivity index (χ2v) is 5.00. The Morgan fingerprint density at radius 2 is 2.06 bits per heavy atom. The van der Waals surface area contributed by atoms with Crippen LogP contribution in [0.1, 0.15) is 31.2 Å². The van der Waals surface area contributed by atoms with Crippen molar-refractivity contribution in [3.8, 4) is 0 Å². The summed E-state index contributed by atoms with van der Waals surface area (Å²) in [6.07, 6.45) is 4.03. The van der Waals surface area contributed by atoms with Crippen molar-refractivity contribution in [2.45, 2.75) is 44.8 Å². The SMILES string of the molecule is Cc1ccc(Cl)cc1N[C@@H]1CCCC[C@H]1O. The van der Waals surface area contributed by atoms with Gasteiger partial charge in [0.1, 0.15) is 0 Å². The number of aliphatic hydroxyl groups excluding tert-OH is 1. The molecule has 0 amide bonds. The van der Waals surface area contributed by atoms with Crippen molar-refractivity contribution in [3.05, 3.63) is 28.8 Å². The molecular weight excluding hydrogens is 222 g/mol. The minimum absolute atomic E-state index is 0.172. The highest BCUT2D eigenvalue weighted by Gasteiger charge is 2.22. The van der Waals surface area contributed by atoms with Crippen LogP contribution in [0.15, 0.2) is 18.2 Å². The second-order valence-electron chi connectivity index (χ2n) is 4.56. The van der Waals surface area contributed by atoms with Gasteiger partial charge in [-0.3, -0.25) is 0 Å². The van der Waals surface area contributed by atoms with Gasteiger partial charge in [0.2, 0.25) is 0 Å². The molecule has 2 N–H and O–H groups in total. The lowest BCUT2D eigenvalue weighted by Gasteiger charge is -2.29. The lowest BCUT2D eigenvalue weighted by Crippen LogP contribution is -2.36. The summed E-state index contributed by atoms with van der Waals surface area (Å²) in [5.41, 5.74) is 2.21. The van der Waals surface area contributed by atoms with Crippen LogP contribution in [-0.2, 0) is 0 Å². The summed E-state index contributed by atoms with van der Waals surface area (Å²) in [6, 6.07) is 5.99. The third-order valence-electron chi connectivity index (χ3n) is 3.27. The Morgan fingerprint density at radius 3 is 2.81 bits per heavy atom. The highest BCUT2D eigenvalue weighted by atomic mass is 35.5. The fraction of sp³-hybridized carbons (Fsp3) is 0.538. The molecule has 2 atom stereocenters. The molecule has 0 unspecified atom stereocenters. The first-order valence-corrected chi connectivity index (χ1v) is 6.25. The quantitative estimate of drug-likeness (QED) is 0.830. The van der Waals surface area contributed by atoms with Crippen LogP contribution in [0.25, 0.3) is 0 Å². The Morgan fingerprint density at radius 1 is 1.31 bits per heavy atom. The largest absolute Gasteiger partial charge is 0.391 e. The van der Waals surface area contributed by atoms with Gasteiger partial charge in [0.25, 0.3) is 0 Å². The third-order valence-corrected chi connectivity index (χ3v) is 3.51. The van der Waals surface area contributed by atoms with Crippen LogP contribution < -0.4 is 5.32 Å². The van der Waals surface area contributed by atoms with Gasteiger partial charge in [0.05, 0.1) is 12.1 Å². The Balaban J connectivity index is 2.10. The first-order chi connectivity index (χ1) is 7.66. The van der Waals surface area contributed by atoms with Crippen molar-refractivity contribution in [2.75, 3.05) is 5.32 Å². The molecule has 16 heavy (non-hydrogen) atoms. The van der Waals surface area contributed by atoms with Gasteiger partial charge >= 0.3 is 0 Å². The molecule has 1 aliphatic rings. The van der Waals surface area contributed by atoms with E-state index in [9.17, 15) is 5.11 Å². The number of halogens is 1. The molecule has 3 heteroatoms. The van der Waals surface area contributed by atoms with E-state index in [1.165, 1.54) is 12.0 Å². The Hall–Kier alpha value is -0.730. The zero-order valence-electron chi connectivity index (χ0n) is 9.54. The minimum Gasteiger partial charge on any atom is -0.391 e. The summed E-state index contributed by atoms with van der Waals surface area (Å²) in [4.78, 5) is 0. The molecule has 0 radical (unpaired) electrons. The molecule has 1 saturated carbocycles. The van der Waals surface area contributed by atoms with Gasteiger partial charge in [-0.15, -0.1) is 0 Å². The maximum atomic E-state index is 9.89. The molecule has 1 fully saturated rings. The van der Waals surface area contributed by atoms with Crippen LogP contribution in [0.5, 0.6) is 0 Å². The zero-order chi connectivity index (χ0) is 11.5. The molecule has 0 aromatic heterocycles. The van der Waals surface area contributed by atoms with Gasteiger partial charge in [-0.05, 0) is 37.5 Å². The van der Waals surface area contributed by atoms with E-state index in [1.54, 1.807) is 0 Å². The second kappa shape index (κ2) is 5.07. The number of hydrogen-bond acceptors (Lipinski definition) is 2. The summed E-state index contributed by atoms with van der Waals surface area (Å²) in [5.74, 6) is 0. The predicted octanol–water partition coefficient (Wildman–Crippen LogP) is 3.36. The smallest absolute Gasteiger partial charge is 0.0741 e. The summed E-state index contributed by atoms with van der Waals surface area (Å²) in [6.45, 7) is 2.05. The van der Waals surface area contributed by atoms with E-state index in [0.717, 1.165) is 30.0 Å². The van der Waals surface area contributed by atoms with Gasteiger partial charge in [-0.2, -0.15) is 0 Å². The standard InChI is InChI=1S/C13H18ClNO/c1-9-6-7-10(14)8-12(9)15-11-4-2-3-5-13(11)16/h6-8,11,13,15-16H,2-5H2,1H3/t11-,13-/m1/s1. The highest BCUT2D eigenvalue weighted by Crippen LogP contribution is 2.26. The molecule has 0 bridgehead atoms. The topological polar surface area (TPSA) is 32.3 Å². The summed E-state index contributed by atoms with van der Waals surface area (Å²) >= 11 is 5.97. The third kappa shape index (κ3) is 2.69. The van der Waals surface area contributed by atoms with Crippen LogP contribution in [0, 0.1) is 6.92 Å². The van der Waals surface area contributed by atoms with Gasteiger partial charge in [-0.25, -0.2) is 0 Å². The van der Waals surface area contributed by atoms with Gasteiger partial charge in [0.15, 0.2) is 0 Å². The molecule has 88 valence electrons. The minimum atomic E-state index is -0.230. The van der Waals surface area contributed by atoms with Crippen molar-refractivity contribution in [2.24, 2.45) is 0 Å². The number of rotatable bonds is 2. The van der Waals surface area contributed by atoms with E-state index in [-0.39, 0.29) is 12.1 Å². The number of benzene rings is 1. The van der Waals surface area contributed by atoms with Crippen molar-refractivity contribution in [1.29, 1.82) is 0 Å². The van der Waals surface area contributed by atoms with Crippen molar-refractivity contribution in [3.63, 3.8) is 0 Å². The number of anilines is 1. The predicted molar refractivity (Wildman–Crippen MR) is 68.1 cm³/mol. The van der Waals surface area contributed by atoms with Gasteiger partial charge < -0.3 is 10.4 Å². The maximum absolute atomic E-state index is 9.89. The average molecular weight is 240 g/mol. The number of nitrogens with one attached hydrogen (secondary N) is 1. The molecular formula is C13H18ClNO. The molecule has 0 spiro atoms. The van der Waals surface area contributed by atoms with Crippen LogP contribution in [-0.4, -0.2) is 17.3 Å². The van der Waals surface area contributed by atoms with E-state index < -0.39 is 0 Å². The summed E-state index contributed by atoms with van der Waals surface area (Å²) in [5, 5.41) is 14.0. The molecule has 1 aromatic rings. The molecule has 0 saturated heterocycles. The average Bonchev–Trinajstić information content (AvgIpc) is 2.27. The van der Waals surface area contributed by atoms with Crippen LogP contribution in [0.2, 0.25) is 5.02 Å². The number of hydrogen-bond donors (Lipinski definition) is 2. The zero-order valence-corrected chi connectivity index (χ0v) is 10.3. The van der Waals surface area contributed by atoms with Crippen LogP contribution in [0.3, 0.4) is 0 Å². The first-order valence-electron chi connectivity index (χ1n) is 5.87. The van der Waals surface area contributed by atoms with E-state index in [1.807, 2.05) is 25.1 Å². The van der Waals surface area contributed by atoms with Gasteiger partial charge in [-0.1, -0.05) is 30.5 Å². The lowest BCUT2D eigenvalue weighted by molar-refractivity contribution is 0.116.